The maximum atomic E-state index is 4.83. The van der Waals surface area contributed by atoms with Crippen LogP contribution in [0, 0.1) is 0 Å². The Bertz CT molecular complexity index is 331. The van der Waals surface area contributed by atoms with Gasteiger partial charge in [0.15, 0.2) is 5.13 Å². The predicted octanol–water partition coefficient (Wildman–Crippen LogP) is 4.85. The van der Waals surface area contributed by atoms with E-state index in [-0.39, 0.29) is 5.41 Å². The molecule has 104 valence electrons. The maximum Gasteiger partial charge on any atom is 0.185 e. The number of unbranched alkanes of at least 4 members (excludes halogenated alkanes) is 2. The van der Waals surface area contributed by atoms with E-state index in [2.05, 4.69) is 44.9 Å². The number of hydrogen-bond donors (Lipinski definition) is 0. The van der Waals surface area contributed by atoms with E-state index < -0.39 is 0 Å². The minimum absolute atomic E-state index is 0.163. The van der Waals surface area contributed by atoms with Crippen LogP contribution in [0.4, 0.5) is 5.13 Å². The van der Waals surface area contributed by atoms with Crippen molar-refractivity contribution in [3.05, 3.63) is 11.1 Å². The number of anilines is 1. The van der Waals surface area contributed by atoms with E-state index in [4.69, 9.17) is 4.98 Å². The van der Waals surface area contributed by atoms with Gasteiger partial charge in [-0.3, -0.25) is 0 Å². The monoisotopic (exact) mass is 268 g/mol. The third-order valence-electron chi connectivity index (χ3n) is 3.09. The second-order valence-electron chi connectivity index (χ2n) is 5.96. The first-order valence-corrected chi connectivity index (χ1v) is 8.08. The van der Waals surface area contributed by atoms with Gasteiger partial charge in [0.2, 0.25) is 0 Å². The molecule has 1 aromatic rings. The molecule has 0 aliphatic carbocycles. The van der Waals surface area contributed by atoms with E-state index in [1.165, 1.54) is 36.5 Å². The molecule has 1 rings (SSSR count). The topological polar surface area (TPSA) is 16.1 Å². The van der Waals surface area contributed by atoms with Crippen LogP contribution in [0.1, 0.15) is 66.0 Å². The molecule has 2 nitrogen and oxygen atoms in total. The van der Waals surface area contributed by atoms with E-state index in [1.54, 1.807) is 11.3 Å². The molecular formula is C15H28N2S. The molecule has 3 heteroatoms. The SMILES string of the molecule is CCCCN(CCCC)c1nc(C(C)(C)C)cs1. The van der Waals surface area contributed by atoms with Crippen LogP contribution in [0.3, 0.4) is 0 Å². The molecular weight excluding hydrogens is 240 g/mol. The Labute approximate surface area is 116 Å². The summed E-state index contributed by atoms with van der Waals surface area (Å²) in [6.07, 6.45) is 5.02. The molecule has 0 bridgehead atoms. The van der Waals surface area contributed by atoms with Gasteiger partial charge in [0.25, 0.3) is 0 Å². The highest BCUT2D eigenvalue weighted by atomic mass is 32.1. The summed E-state index contributed by atoms with van der Waals surface area (Å²) >= 11 is 1.80. The molecule has 0 aliphatic rings. The van der Waals surface area contributed by atoms with Crippen molar-refractivity contribution in [3.63, 3.8) is 0 Å². The normalized spacial score (nSPS) is 11.8. The average molecular weight is 268 g/mol. The molecule has 0 atom stereocenters. The van der Waals surface area contributed by atoms with Gasteiger partial charge in [-0.2, -0.15) is 0 Å². The fourth-order valence-electron chi connectivity index (χ4n) is 1.76. The quantitative estimate of drug-likeness (QED) is 0.703. The highest BCUT2D eigenvalue weighted by Crippen LogP contribution is 2.28. The molecule has 0 aliphatic heterocycles. The maximum absolute atomic E-state index is 4.83. The highest BCUT2D eigenvalue weighted by Gasteiger charge is 2.19. The lowest BCUT2D eigenvalue weighted by Gasteiger charge is -2.22. The second kappa shape index (κ2) is 7.13. The summed E-state index contributed by atoms with van der Waals surface area (Å²) in [5.41, 5.74) is 1.39. The molecule has 0 amide bonds. The van der Waals surface area contributed by atoms with E-state index in [0.717, 1.165) is 13.1 Å². The molecule has 0 unspecified atom stereocenters. The lowest BCUT2D eigenvalue weighted by molar-refractivity contribution is 0.571. The third-order valence-corrected chi connectivity index (χ3v) is 4.00. The van der Waals surface area contributed by atoms with Crippen LogP contribution >= 0.6 is 11.3 Å². The molecule has 0 spiro atoms. The molecule has 0 N–H and O–H groups in total. The van der Waals surface area contributed by atoms with Crippen LogP contribution in [0.15, 0.2) is 5.38 Å². The van der Waals surface area contributed by atoms with Gasteiger partial charge in [-0.05, 0) is 12.8 Å². The van der Waals surface area contributed by atoms with Gasteiger partial charge in [-0.15, -0.1) is 11.3 Å². The molecule has 18 heavy (non-hydrogen) atoms. The van der Waals surface area contributed by atoms with E-state index in [9.17, 15) is 0 Å². The molecule has 0 radical (unpaired) electrons. The van der Waals surface area contributed by atoms with Crippen molar-refractivity contribution in [2.75, 3.05) is 18.0 Å². The fourth-order valence-corrected chi connectivity index (χ4v) is 2.86. The summed E-state index contributed by atoms with van der Waals surface area (Å²) in [6.45, 7) is 13.5. The molecule has 0 saturated carbocycles. The lowest BCUT2D eigenvalue weighted by atomic mass is 9.93. The Hall–Kier alpha value is -0.570. The zero-order chi connectivity index (χ0) is 13.6. The summed E-state index contributed by atoms with van der Waals surface area (Å²) in [6, 6.07) is 0. The Balaban J connectivity index is 2.74. The third kappa shape index (κ3) is 4.60. The van der Waals surface area contributed by atoms with Gasteiger partial charge in [-0.1, -0.05) is 47.5 Å². The van der Waals surface area contributed by atoms with Crippen LogP contribution in [-0.2, 0) is 5.41 Å². The number of rotatable bonds is 7. The van der Waals surface area contributed by atoms with E-state index in [0.29, 0.717) is 0 Å². The Kier molecular flexibility index (Phi) is 6.13. The van der Waals surface area contributed by atoms with Crippen LogP contribution in [-0.4, -0.2) is 18.1 Å². The van der Waals surface area contributed by atoms with Crippen LogP contribution in [0.5, 0.6) is 0 Å². The molecule has 0 fully saturated rings. The van der Waals surface area contributed by atoms with Crippen molar-refractivity contribution >= 4 is 16.5 Å². The standard InChI is InChI=1S/C15H28N2S/c1-6-8-10-17(11-9-7-2)14-16-13(12-18-14)15(3,4)5/h12H,6-11H2,1-5H3. The van der Waals surface area contributed by atoms with Crippen LogP contribution in [0.2, 0.25) is 0 Å². The predicted molar refractivity (Wildman–Crippen MR) is 82.8 cm³/mol. The van der Waals surface area contributed by atoms with Gasteiger partial charge >= 0.3 is 0 Å². The van der Waals surface area contributed by atoms with Crippen molar-refractivity contribution in [2.24, 2.45) is 0 Å². The van der Waals surface area contributed by atoms with Crippen molar-refractivity contribution in [3.8, 4) is 0 Å². The zero-order valence-electron chi connectivity index (χ0n) is 12.6. The van der Waals surface area contributed by atoms with Crippen molar-refractivity contribution < 1.29 is 0 Å². The number of aromatic nitrogens is 1. The van der Waals surface area contributed by atoms with Crippen molar-refractivity contribution in [1.82, 2.24) is 4.98 Å². The molecule has 1 heterocycles. The second-order valence-corrected chi connectivity index (χ2v) is 6.80. The van der Waals surface area contributed by atoms with Gasteiger partial charge < -0.3 is 4.90 Å². The van der Waals surface area contributed by atoms with Crippen LogP contribution in [0.25, 0.3) is 0 Å². The van der Waals surface area contributed by atoms with Gasteiger partial charge in [0.05, 0.1) is 5.69 Å². The first-order chi connectivity index (χ1) is 8.49. The molecule has 1 aromatic heterocycles. The van der Waals surface area contributed by atoms with E-state index in [1.807, 2.05) is 0 Å². The largest absolute Gasteiger partial charge is 0.348 e. The fraction of sp³-hybridized carbons (Fsp3) is 0.800. The minimum Gasteiger partial charge on any atom is -0.348 e. The Morgan fingerprint density at radius 3 is 2.06 bits per heavy atom. The number of thiazole rings is 1. The van der Waals surface area contributed by atoms with Crippen LogP contribution < -0.4 is 4.90 Å². The summed E-state index contributed by atoms with van der Waals surface area (Å²) in [5.74, 6) is 0. The Morgan fingerprint density at radius 2 is 1.67 bits per heavy atom. The molecule has 0 aromatic carbocycles. The van der Waals surface area contributed by atoms with Gasteiger partial charge in [-0.25, -0.2) is 4.98 Å². The highest BCUT2D eigenvalue weighted by molar-refractivity contribution is 7.13. The average Bonchev–Trinajstić information content (AvgIpc) is 2.78. The summed E-state index contributed by atoms with van der Waals surface area (Å²) in [5, 5.41) is 3.43. The molecule has 0 saturated heterocycles. The number of hydrogen-bond acceptors (Lipinski definition) is 3. The first-order valence-electron chi connectivity index (χ1n) is 7.20. The summed E-state index contributed by atoms with van der Waals surface area (Å²) in [4.78, 5) is 7.30. The summed E-state index contributed by atoms with van der Waals surface area (Å²) < 4.78 is 0. The van der Waals surface area contributed by atoms with Gasteiger partial charge in [0.1, 0.15) is 0 Å². The minimum atomic E-state index is 0.163. The van der Waals surface area contributed by atoms with E-state index >= 15 is 0 Å². The first kappa shape index (κ1) is 15.5. The number of nitrogens with zero attached hydrogens (tertiary/aromatic N) is 2. The lowest BCUT2D eigenvalue weighted by Crippen LogP contribution is -2.25. The van der Waals surface area contributed by atoms with Crippen molar-refractivity contribution in [1.29, 1.82) is 0 Å². The Morgan fingerprint density at radius 1 is 1.11 bits per heavy atom. The van der Waals surface area contributed by atoms with Crippen molar-refractivity contribution in [2.45, 2.75) is 65.7 Å². The smallest absolute Gasteiger partial charge is 0.185 e. The van der Waals surface area contributed by atoms with Gasteiger partial charge in [0, 0.05) is 23.9 Å². The zero-order valence-corrected chi connectivity index (χ0v) is 13.4. The summed E-state index contributed by atoms with van der Waals surface area (Å²) in [7, 11) is 0.